The largest absolute Gasteiger partial charge is 0.379 e. The van der Waals surface area contributed by atoms with E-state index in [0.29, 0.717) is 85.0 Å². The molecule has 1 fully saturated rings. The van der Waals surface area contributed by atoms with Crippen LogP contribution in [0.1, 0.15) is 65.7 Å². The molecule has 12 nitrogen and oxygen atoms in total. The van der Waals surface area contributed by atoms with Crippen molar-refractivity contribution in [2.45, 2.75) is 77.8 Å². The molecule has 0 saturated carbocycles. The highest BCUT2D eigenvalue weighted by atomic mass is 16.5. The molecule has 0 aliphatic carbocycles. The molecular formula is C27H48N4O8. The number of carbonyl (C=O) groups is 5. The lowest BCUT2D eigenvalue weighted by Gasteiger charge is -2.26. The van der Waals surface area contributed by atoms with Gasteiger partial charge >= 0.3 is 0 Å². The first-order valence-corrected chi connectivity index (χ1v) is 14.0. The number of ether oxygens (including phenoxy) is 3. The van der Waals surface area contributed by atoms with E-state index in [1.165, 1.54) is 6.92 Å². The van der Waals surface area contributed by atoms with Crippen LogP contribution in [0.25, 0.3) is 0 Å². The van der Waals surface area contributed by atoms with Crippen molar-refractivity contribution in [1.29, 1.82) is 0 Å². The van der Waals surface area contributed by atoms with Crippen molar-refractivity contribution in [3.8, 4) is 0 Å². The second-order valence-corrected chi connectivity index (χ2v) is 9.95. The van der Waals surface area contributed by atoms with E-state index in [0.717, 1.165) is 12.7 Å². The van der Waals surface area contributed by atoms with Crippen molar-refractivity contribution in [3.05, 3.63) is 0 Å². The molecule has 0 spiro atoms. The maximum Gasteiger partial charge on any atom is 0.243 e. The first kappa shape index (κ1) is 34.5. The fourth-order valence-corrected chi connectivity index (χ4v) is 4.12. The average Bonchev–Trinajstić information content (AvgIpc) is 3.39. The van der Waals surface area contributed by atoms with Crippen LogP contribution < -0.4 is 16.0 Å². The highest BCUT2D eigenvalue weighted by Gasteiger charge is 2.34. The van der Waals surface area contributed by atoms with Gasteiger partial charge in [-0.1, -0.05) is 13.8 Å². The van der Waals surface area contributed by atoms with Gasteiger partial charge in [-0.3, -0.25) is 19.2 Å². The van der Waals surface area contributed by atoms with Crippen LogP contribution in [0.5, 0.6) is 0 Å². The Kier molecular flexibility index (Phi) is 18.8. The molecule has 1 saturated heterocycles. The molecule has 1 rings (SSSR count). The quantitative estimate of drug-likeness (QED) is 0.129. The Balaban J connectivity index is 2.07. The minimum absolute atomic E-state index is 0.126. The summed E-state index contributed by atoms with van der Waals surface area (Å²) in [6.07, 6.45) is 4.42. The molecule has 2 unspecified atom stereocenters. The fourth-order valence-electron chi connectivity index (χ4n) is 4.12. The van der Waals surface area contributed by atoms with Crippen LogP contribution in [-0.4, -0.2) is 106 Å². The number of hydrogen-bond donors (Lipinski definition) is 3. The predicted octanol–water partition coefficient (Wildman–Crippen LogP) is 0.570. The third-order valence-electron chi connectivity index (χ3n) is 6.09. The Labute approximate surface area is 232 Å². The zero-order valence-electron chi connectivity index (χ0n) is 23.8. The van der Waals surface area contributed by atoms with E-state index in [1.54, 1.807) is 4.90 Å². The van der Waals surface area contributed by atoms with Crippen molar-refractivity contribution >= 4 is 29.9 Å². The molecule has 0 bridgehead atoms. The van der Waals surface area contributed by atoms with Crippen molar-refractivity contribution in [2.75, 3.05) is 59.3 Å². The summed E-state index contributed by atoms with van der Waals surface area (Å²) in [4.78, 5) is 60.4. The summed E-state index contributed by atoms with van der Waals surface area (Å²) in [7, 11) is 0. The molecule has 4 amide bonds. The highest BCUT2D eigenvalue weighted by Crippen LogP contribution is 2.18. The molecule has 0 aromatic heterocycles. The second kappa shape index (κ2) is 21.3. The fraction of sp³-hybridized carbons (Fsp3) is 0.815. The molecule has 224 valence electrons. The van der Waals surface area contributed by atoms with Gasteiger partial charge < -0.3 is 39.9 Å². The van der Waals surface area contributed by atoms with Crippen molar-refractivity contribution < 1.29 is 38.2 Å². The summed E-state index contributed by atoms with van der Waals surface area (Å²) in [5.41, 5.74) is 0. The Bertz CT molecular complexity index is 749. The third kappa shape index (κ3) is 16.2. The minimum atomic E-state index is -0.643. The van der Waals surface area contributed by atoms with Gasteiger partial charge in [-0.2, -0.15) is 0 Å². The standard InChI is InChI=1S/C27H48N4O8/c1-21(2)20-23(30-27(36)24-8-4-12-31(24)22(3)33)26(35)29-11-7-15-38-17-19-39-18-16-37-14-6-10-28-25(34)9-5-13-32/h13,21,23-24H,4-12,14-20H2,1-3H3,(H,28,34)(H,29,35)(H,30,36). The molecule has 1 heterocycles. The average molecular weight is 557 g/mol. The second-order valence-electron chi connectivity index (χ2n) is 9.95. The number of amides is 4. The Morgan fingerprint density at radius 2 is 1.51 bits per heavy atom. The van der Waals surface area contributed by atoms with Crippen molar-refractivity contribution in [1.82, 2.24) is 20.9 Å². The summed E-state index contributed by atoms with van der Waals surface area (Å²) in [6.45, 7) is 9.70. The number of hydrogen-bond acceptors (Lipinski definition) is 8. The first-order valence-electron chi connectivity index (χ1n) is 14.0. The molecule has 12 heteroatoms. The Morgan fingerprint density at radius 1 is 0.923 bits per heavy atom. The highest BCUT2D eigenvalue weighted by molar-refractivity contribution is 5.92. The van der Waals surface area contributed by atoms with Gasteiger partial charge in [0.25, 0.3) is 0 Å². The van der Waals surface area contributed by atoms with E-state index in [2.05, 4.69) is 16.0 Å². The Hall–Kier alpha value is -2.57. The zero-order chi connectivity index (χ0) is 28.9. The third-order valence-corrected chi connectivity index (χ3v) is 6.09. The smallest absolute Gasteiger partial charge is 0.243 e. The number of aldehydes is 1. The maximum absolute atomic E-state index is 12.8. The van der Waals surface area contributed by atoms with E-state index in [4.69, 9.17) is 14.2 Å². The number of likely N-dealkylation sites (tertiary alicyclic amines) is 1. The summed E-state index contributed by atoms with van der Waals surface area (Å²) >= 11 is 0. The van der Waals surface area contributed by atoms with Crippen molar-refractivity contribution in [3.63, 3.8) is 0 Å². The summed E-state index contributed by atoms with van der Waals surface area (Å²) in [5.74, 6) is -0.537. The van der Waals surface area contributed by atoms with Gasteiger partial charge in [-0.05, 0) is 38.0 Å². The predicted molar refractivity (Wildman–Crippen MR) is 145 cm³/mol. The SMILES string of the molecule is CC(=O)N1CCCC1C(=O)NC(CC(C)C)C(=O)NCCCOCCOCCOCCCNC(=O)CCC=O. The lowest BCUT2D eigenvalue weighted by atomic mass is 10.0. The molecule has 0 aromatic rings. The monoisotopic (exact) mass is 556 g/mol. The van der Waals surface area contributed by atoms with Gasteiger partial charge in [-0.15, -0.1) is 0 Å². The van der Waals surface area contributed by atoms with Crippen LogP contribution in [0.15, 0.2) is 0 Å². The molecule has 0 radical (unpaired) electrons. The molecule has 0 aromatic carbocycles. The summed E-state index contributed by atoms with van der Waals surface area (Å²) < 4.78 is 16.4. The normalized spacial score (nSPS) is 15.7. The van der Waals surface area contributed by atoms with Gasteiger partial charge in [0.05, 0.1) is 26.4 Å². The van der Waals surface area contributed by atoms with Crippen LogP contribution in [-0.2, 0) is 38.2 Å². The van der Waals surface area contributed by atoms with E-state index < -0.39 is 12.1 Å². The van der Waals surface area contributed by atoms with E-state index in [-0.39, 0.29) is 42.4 Å². The first-order chi connectivity index (χ1) is 18.8. The molecule has 39 heavy (non-hydrogen) atoms. The summed E-state index contributed by atoms with van der Waals surface area (Å²) in [5, 5.41) is 8.45. The lowest BCUT2D eigenvalue weighted by molar-refractivity contribution is -0.138. The van der Waals surface area contributed by atoms with Crippen molar-refractivity contribution in [2.24, 2.45) is 5.92 Å². The van der Waals surface area contributed by atoms with E-state index in [9.17, 15) is 24.0 Å². The minimum Gasteiger partial charge on any atom is -0.379 e. The van der Waals surface area contributed by atoms with Gasteiger partial charge in [-0.25, -0.2) is 0 Å². The molecule has 1 aliphatic heterocycles. The van der Waals surface area contributed by atoms with Gasteiger partial charge in [0, 0.05) is 52.6 Å². The molecule has 1 aliphatic rings. The zero-order valence-corrected chi connectivity index (χ0v) is 23.8. The molecule has 2 atom stereocenters. The van der Waals surface area contributed by atoms with Crippen LogP contribution in [0.4, 0.5) is 0 Å². The Morgan fingerprint density at radius 3 is 2.08 bits per heavy atom. The van der Waals surface area contributed by atoms with Crippen LogP contribution in [0.2, 0.25) is 0 Å². The number of nitrogens with zero attached hydrogens (tertiary/aromatic N) is 1. The summed E-state index contributed by atoms with van der Waals surface area (Å²) in [6, 6.07) is -1.15. The van der Waals surface area contributed by atoms with E-state index in [1.807, 2.05) is 13.8 Å². The number of carbonyl (C=O) groups excluding carboxylic acids is 5. The van der Waals surface area contributed by atoms with E-state index >= 15 is 0 Å². The number of rotatable bonds is 22. The topological polar surface area (TPSA) is 152 Å². The number of nitrogens with one attached hydrogen (secondary N) is 3. The van der Waals surface area contributed by atoms with Gasteiger partial charge in [0.15, 0.2) is 0 Å². The maximum atomic E-state index is 12.8. The lowest BCUT2D eigenvalue weighted by Crippen LogP contribution is -2.53. The van der Waals surface area contributed by atoms with Gasteiger partial charge in [0.1, 0.15) is 18.4 Å². The van der Waals surface area contributed by atoms with Gasteiger partial charge in [0.2, 0.25) is 23.6 Å². The van der Waals surface area contributed by atoms with Crippen LogP contribution in [0, 0.1) is 5.92 Å². The molecular weight excluding hydrogens is 508 g/mol. The van der Waals surface area contributed by atoms with Crippen LogP contribution in [0.3, 0.4) is 0 Å². The van der Waals surface area contributed by atoms with Crippen LogP contribution >= 0.6 is 0 Å². The molecule has 3 N–H and O–H groups in total.